The van der Waals surface area contributed by atoms with Crippen LogP contribution in [0.3, 0.4) is 0 Å². The molecule has 2 heterocycles. The predicted molar refractivity (Wildman–Crippen MR) is 151 cm³/mol. The highest BCUT2D eigenvalue weighted by molar-refractivity contribution is 7.90. The molecule has 0 atom stereocenters. The lowest BCUT2D eigenvalue weighted by Crippen LogP contribution is -2.34. The van der Waals surface area contributed by atoms with Crippen molar-refractivity contribution in [2.75, 3.05) is 44.1 Å². The van der Waals surface area contributed by atoms with Gasteiger partial charge in [0.15, 0.2) is 6.61 Å². The second kappa shape index (κ2) is 12.7. The van der Waals surface area contributed by atoms with E-state index in [0.29, 0.717) is 52.0 Å². The molecule has 4 rings (SSSR count). The Morgan fingerprint density at radius 1 is 1.03 bits per heavy atom. The summed E-state index contributed by atoms with van der Waals surface area (Å²) in [5.74, 6) is 0.942. The molecule has 0 saturated heterocycles. The van der Waals surface area contributed by atoms with E-state index in [0.717, 1.165) is 11.9 Å². The Bertz CT molecular complexity index is 1550. The van der Waals surface area contributed by atoms with Gasteiger partial charge in [-0.1, -0.05) is 23.7 Å². The van der Waals surface area contributed by atoms with Gasteiger partial charge in [-0.15, -0.1) is 0 Å². The number of carbonyl (C=O) groups excluding carboxylic acids is 1. The van der Waals surface area contributed by atoms with Crippen LogP contribution in [0.15, 0.2) is 67.1 Å². The number of sulfone groups is 1. The van der Waals surface area contributed by atoms with Crippen LogP contribution in [-0.2, 0) is 21.1 Å². The van der Waals surface area contributed by atoms with Crippen LogP contribution >= 0.6 is 11.6 Å². The van der Waals surface area contributed by atoms with E-state index in [1.807, 2.05) is 24.3 Å². The SMILES string of the molecule is CN(CCS(C)(=O)=O)C(=O)COc1cccc2ncnc(Nc3ccc(OCCc4ccccn4)c(Cl)c3)c12. The summed E-state index contributed by atoms with van der Waals surface area (Å²) >= 11 is 6.48. The van der Waals surface area contributed by atoms with Crippen molar-refractivity contribution in [3.05, 3.63) is 77.8 Å². The molecule has 0 spiro atoms. The van der Waals surface area contributed by atoms with E-state index in [2.05, 4.69) is 20.3 Å². The van der Waals surface area contributed by atoms with Crippen molar-refractivity contribution in [2.45, 2.75) is 6.42 Å². The number of amides is 1. The van der Waals surface area contributed by atoms with Gasteiger partial charge in [-0.3, -0.25) is 9.78 Å². The van der Waals surface area contributed by atoms with E-state index < -0.39 is 9.84 Å². The van der Waals surface area contributed by atoms with Gasteiger partial charge in [-0.2, -0.15) is 0 Å². The van der Waals surface area contributed by atoms with Crippen molar-refractivity contribution in [1.29, 1.82) is 0 Å². The molecule has 0 bridgehead atoms. The van der Waals surface area contributed by atoms with Gasteiger partial charge in [0.05, 0.1) is 28.3 Å². The molecule has 0 aliphatic carbocycles. The second-order valence-electron chi connectivity index (χ2n) is 8.80. The summed E-state index contributed by atoms with van der Waals surface area (Å²) in [7, 11) is -1.65. The smallest absolute Gasteiger partial charge is 0.260 e. The standard InChI is InChI=1S/C27H28ClN5O5S/c1-33(13-15-39(2,35)36)25(34)17-38-24-8-5-7-22-26(24)27(31-18-30-22)32-20-9-10-23(21(28)16-20)37-14-11-19-6-3-4-12-29-19/h3-10,12,16,18H,11,13-15,17H2,1-2H3,(H,30,31,32). The largest absolute Gasteiger partial charge is 0.492 e. The molecular weight excluding hydrogens is 542 g/mol. The number of anilines is 2. The van der Waals surface area contributed by atoms with Crippen molar-refractivity contribution in [3.8, 4) is 11.5 Å². The van der Waals surface area contributed by atoms with E-state index in [1.165, 1.54) is 18.3 Å². The number of benzene rings is 2. The van der Waals surface area contributed by atoms with E-state index >= 15 is 0 Å². The highest BCUT2D eigenvalue weighted by Crippen LogP contribution is 2.34. The number of ether oxygens (including phenoxy) is 2. The third-order valence-electron chi connectivity index (χ3n) is 5.74. The number of halogens is 1. The molecule has 0 unspecified atom stereocenters. The molecule has 0 aliphatic rings. The van der Waals surface area contributed by atoms with Crippen LogP contribution < -0.4 is 14.8 Å². The fourth-order valence-electron chi connectivity index (χ4n) is 3.61. The minimum Gasteiger partial charge on any atom is -0.492 e. The number of aromatic nitrogens is 3. The Labute approximate surface area is 231 Å². The normalized spacial score (nSPS) is 11.3. The van der Waals surface area contributed by atoms with Crippen LogP contribution in [0, 0.1) is 0 Å². The zero-order valence-corrected chi connectivity index (χ0v) is 23.1. The summed E-state index contributed by atoms with van der Waals surface area (Å²) in [4.78, 5) is 26.8. The average Bonchev–Trinajstić information content (AvgIpc) is 2.91. The van der Waals surface area contributed by atoms with Crippen LogP contribution in [-0.4, -0.2) is 73.0 Å². The molecule has 0 radical (unpaired) electrons. The molecular formula is C27H28ClN5O5S. The van der Waals surface area contributed by atoms with Gasteiger partial charge in [-0.25, -0.2) is 18.4 Å². The Morgan fingerprint density at radius 3 is 2.62 bits per heavy atom. The Hall–Kier alpha value is -3.96. The number of fused-ring (bicyclic) bond motifs is 1. The lowest BCUT2D eigenvalue weighted by Gasteiger charge is -2.18. The maximum Gasteiger partial charge on any atom is 0.260 e. The number of carbonyl (C=O) groups is 1. The van der Waals surface area contributed by atoms with Crippen LogP contribution in [0.4, 0.5) is 11.5 Å². The summed E-state index contributed by atoms with van der Waals surface area (Å²) in [5.41, 5.74) is 2.22. The highest BCUT2D eigenvalue weighted by Gasteiger charge is 2.16. The topological polar surface area (TPSA) is 124 Å². The van der Waals surface area contributed by atoms with Crippen LogP contribution in [0.2, 0.25) is 5.02 Å². The van der Waals surface area contributed by atoms with Crippen LogP contribution in [0.1, 0.15) is 5.69 Å². The van der Waals surface area contributed by atoms with Crippen molar-refractivity contribution in [2.24, 2.45) is 0 Å². The Morgan fingerprint density at radius 2 is 1.87 bits per heavy atom. The number of rotatable bonds is 12. The fourth-order valence-corrected chi connectivity index (χ4v) is 4.46. The number of hydrogen-bond acceptors (Lipinski definition) is 9. The maximum atomic E-state index is 12.5. The van der Waals surface area contributed by atoms with Gasteiger partial charge in [0.1, 0.15) is 33.5 Å². The summed E-state index contributed by atoms with van der Waals surface area (Å²) in [6.45, 7) is 0.239. The summed E-state index contributed by atoms with van der Waals surface area (Å²) in [6.07, 6.45) is 4.95. The molecule has 2 aromatic heterocycles. The number of pyridine rings is 1. The molecule has 1 N–H and O–H groups in total. The van der Waals surface area contributed by atoms with E-state index in [-0.39, 0.29) is 24.8 Å². The van der Waals surface area contributed by atoms with Gasteiger partial charge in [0.25, 0.3) is 5.91 Å². The van der Waals surface area contributed by atoms with E-state index in [1.54, 1.807) is 36.5 Å². The van der Waals surface area contributed by atoms with E-state index in [9.17, 15) is 13.2 Å². The lowest BCUT2D eigenvalue weighted by atomic mass is 10.2. The predicted octanol–water partition coefficient (Wildman–Crippen LogP) is 3.93. The van der Waals surface area contributed by atoms with Crippen LogP contribution in [0.5, 0.6) is 11.5 Å². The number of likely N-dealkylation sites (N-methyl/N-ethyl adjacent to an activating group) is 1. The summed E-state index contributed by atoms with van der Waals surface area (Å²) in [6, 6.07) is 16.3. The quantitative estimate of drug-likeness (QED) is 0.270. The highest BCUT2D eigenvalue weighted by atomic mass is 35.5. The van der Waals surface area contributed by atoms with Crippen molar-refractivity contribution >= 4 is 49.8 Å². The number of nitrogens with one attached hydrogen (secondary N) is 1. The molecule has 204 valence electrons. The van der Waals surface area contributed by atoms with Gasteiger partial charge >= 0.3 is 0 Å². The molecule has 2 aromatic carbocycles. The monoisotopic (exact) mass is 569 g/mol. The van der Waals surface area contributed by atoms with Gasteiger partial charge in [0.2, 0.25) is 0 Å². The zero-order chi connectivity index (χ0) is 27.8. The Balaban J connectivity index is 1.44. The maximum absolute atomic E-state index is 12.5. The Kier molecular flexibility index (Phi) is 9.15. The first-order valence-corrected chi connectivity index (χ1v) is 14.5. The zero-order valence-electron chi connectivity index (χ0n) is 21.5. The molecule has 12 heteroatoms. The van der Waals surface area contributed by atoms with Gasteiger partial charge in [0, 0.05) is 43.8 Å². The minimum absolute atomic E-state index is 0.0795. The molecule has 0 saturated carbocycles. The third-order valence-corrected chi connectivity index (χ3v) is 6.96. The van der Waals surface area contributed by atoms with Gasteiger partial charge < -0.3 is 19.7 Å². The molecule has 39 heavy (non-hydrogen) atoms. The lowest BCUT2D eigenvalue weighted by molar-refractivity contribution is -0.131. The summed E-state index contributed by atoms with van der Waals surface area (Å²) < 4.78 is 34.5. The van der Waals surface area contributed by atoms with Crippen molar-refractivity contribution in [3.63, 3.8) is 0 Å². The molecule has 0 aliphatic heterocycles. The first kappa shape index (κ1) is 28.1. The van der Waals surface area contributed by atoms with Crippen molar-refractivity contribution < 1.29 is 22.7 Å². The second-order valence-corrected chi connectivity index (χ2v) is 11.5. The van der Waals surface area contributed by atoms with Crippen molar-refractivity contribution in [1.82, 2.24) is 19.9 Å². The fraction of sp³-hybridized carbons (Fsp3) is 0.259. The number of hydrogen-bond donors (Lipinski definition) is 1. The first-order valence-electron chi connectivity index (χ1n) is 12.1. The molecule has 1 amide bonds. The third kappa shape index (κ3) is 8.01. The van der Waals surface area contributed by atoms with Crippen LogP contribution in [0.25, 0.3) is 10.9 Å². The summed E-state index contributed by atoms with van der Waals surface area (Å²) in [5, 5.41) is 4.25. The molecule has 4 aromatic rings. The number of nitrogens with zero attached hydrogens (tertiary/aromatic N) is 4. The van der Waals surface area contributed by atoms with Gasteiger partial charge in [-0.05, 0) is 42.5 Å². The van der Waals surface area contributed by atoms with E-state index in [4.69, 9.17) is 21.1 Å². The molecule has 0 fully saturated rings. The first-order chi connectivity index (χ1) is 18.7. The minimum atomic E-state index is -3.19. The molecule has 10 nitrogen and oxygen atoms in total. The average molecular weight is 570 g/mol.